The molecule has 1 aromatic rings. The topological polar surface area (TPSA) is 90.2 Å². The van der Waals surface area contributed by atoms with Crippen LogP contribution in [0.5, 0.6) is 0 Å². The van der Waals surface area contributed by atoms with Crippen LogP contribution in [0, 0.1) is 17.3 Å². The predicted octanol–water partition coefficient (Wildman–Crippen LogP) is 2.59. The molecule has 5 nitrogen and oxygen atoms in total. The first-order valence-electron chi connectivity index (χ1n) is 10.6. The molecule has 0 bridgehead atoms. The number of hydrogen-bond donors (Lipinski definition) is 4. The molecule has 2 aliphatic carbocycles. The van der Waals surface area contributed by atoms with Crippen LogP contribution < -0.4 is 0 Å². The van der Waals surface area contributed by atoms with Gasteiger partial charge in [-0.25, -0.2) is 0 Å². The molecular formula is C24H33ClO5. The van der Waals surface area contributed by atoms with Crippen molar-refractivity contribution in [1.82, 2.24) is 0 Å². The molecule has 0 aromatic heterocycles. The molecular weight excluding hydrogens is 404 g/mol. The Kier molecular flexibility index (Phi) is 7.44. The van der Waals surface area contributed by atoms with E-state index in [1.807, 2.05) is 19.1 Å². The second kappa shape index (κ2) is 9.51. The highest BCUT2D eigenvalue weighted by Gasteiger charge is 2.55. The highest BCUT2D eigenvalue weighted by atomic mass is 35.5. The van der Waals surface area contributed by atoms with Gasteiger partial charge in [-0.15, -0.1) is 0 Å². The Labute approximate surface area is 183 Å². The van der Waals surface area contributed by atoms with Crippen molar-refractivity contribution in [3.8, 4) is 0 Å². The van der Waals surface area contributed by atoms with Crippen LogP contribution >= 0.6 is 11.6 Å². The Morgan fingerprint density at radius 3 is 2.27 bits per heavy atom. The first-order chi connectivity index (χ1) is 14.3. The molecule has 0 saturated heterocycles. The van der Waals surface area contributed by atoms with E-state index in [1.54, 1.807) is 0 Å². The average Bonchev–Trinajstić information content (AvgIpc) is 2.75. The number of aryl methyl sites for hydroxylation is 1. The molecule has 1 saturated carbocycles. The standard InChI is InChI=1S/C24H33ClO5/c1-4-14-5-7-15(8-6-14)11-16-12-24(2,10-9-18(16)25)19-21(28)22(29)20(27)17(13-26)23(19)30-3/h5-10,17,19-23,26-29H,4,11-13H2,1-3H3/t17-,19+,20-,21+,22+,23+,24?/m1/s1. The van der Waals surface area contributed by atoms with Gasteiger partial charge in [0.1, 0.15) is 6.10 Å². The third-order valence-corrected chi connectivity index (χ3v) is 7.31. The lowest BCUT2D eigenvalue weighted by atomic mass is 9.59. The van der Waals surface area contributed by atoms with E-state index in [-0.39, 0.29) is 6.61 Å². The van der Waals surface area contributed by atoms with Crippen LogP contribution in [0.4, 0.5) is 0 Å². The Bertz CT molecular complexity index is 789. The first kappa shape index (κ1) is 23.5. The van der Waals surface area contributed by atoms with Gasteiger partial charge in [0.2, 0.25) is 0 Å². The fourth-order valence-corrected chi connectivity index (χ4v) is 5.32. The summed E-state index contributed by atoms with van der Waals surface area (Å²) in [7, 11) is 1.51. The number of allylic oxidation sites excluding steroid dienone is 4. The van der Waals surface area contributed by atoms with E-state index in [9.17, 15) is 20.4 Å². The van der Waals surface area contributed by atoms with E-state index < -0.39 is 41.7 Å². The average molecular weight is 437 g/mol. The Hall–Kier alpha value is -1.21. The lowest BCUT2D eigenvalue weighted by Crippen LogP contribution is -2.63. The molecule has 4 N–H and O–H groups in total. The quantitative estimate of drug-likeness (QED) is 0.550. The van der Waals surface area contributed by atoms with Gasteiger partial charge in [-0.3, -0.25) is 0 Å². The molecule has 3 rings (SSSR count). The Balaban J connectivity index is 1.88. The number of aliphatic hydroxyl groups is 4. The minimum Gasteiger partial charge on any atom is -0.396 e. The van der Waals surface area contributed by atoms with Gasteiger partial charge in [0.25, 0.3) is 0 Å². The summed E-state index contributed by atoms with van der Waals surface area (Å²) in [5, 5.41) is 42.2. The molecule has 0 heterocycles. The van der Waals surface area contributed by atoms with Crippen LogP contribution in [0.15, 0.2) is 47.0 Å². The molecule has 0 aliphatic heterocycles. The maximum atomic E-state index is 10.9. The van der Waals surface area contributed by atoms with E-state index in [0.29, 0.717) is 17.9 Å². The summed E-state index contributed by atoms with van der Waals surface area (Å²) < 4.78 is 5.65. The fourth-order valence-electron chi connectivity index (χ4n) is 5.12. The van der Waals surface area contributed by atoms with E-state index in [1.165, 1.54) is 12.7 Å². The summed E-state index contributed by atoms with van der Waals surface area (Å²) in [6.07, 6.45) is 1.67. The number of ether oxygens (including phenoxy) is 1. The van der Waals surface area contributed by atoms with E-state index in [4.69, 9.17) is 16.3 Å². The summed E-state index contributed by atoms with van der Waals surface area (Å²) >= 11 is 6.54. The molecule has 6 heteroatoms. The van der Waals surface area contributed by atoms with Gasteiger partial charge in [0.05, 0.1) is 24.9 Å². The zero-order valence-electron chi connectivity index (χ0n) is 17.8. The van der Waals surface area contributed by atoms with Gasteiger partial charge in [0, 0.05) is 24.0 Å². The number of halogens is 1. The molecule has 2 aliphatic rings. The molecule has 1 unspecified atom stereocenters. The van der Waals surface area contributed by atoms with Gasteiger partial charge < -0.3 is 25.2 Å². The van der Waals surface area contributed by atoms with Crippen LogP contribution in [0.3, 0.4) is 0 Å². The third kappa shape index (κ3) is 4.38. The van der Waals surface area contributed by atoms with Crippen molar-refractivity contribution in [2.45, 2.75) is 57.5 Å². The second-order valence-electron chi connectivity index (χ2n) is 8.86. The summed E-state index contributed by atoms with van der Waals surface area (Å²) in [4.78, 5) is 0. The van der Waals surface area contributed by atoms with Crippen LogP contribution in [-0.4, -0.2) is 58.6 Å². The van der Waals surface area contributed by atoms with Gasteiger partial charge >= 0.3 is 0 Å². The van der Waals surface area contributed by atoms with Crippen molar-refractivity contribution in [2.75, 3.05) is 13.7 Å². The zero-order valence-corrected chi connectivity index (χ0v) is 18.6. The number of rotatable bonds is 6. The highest BCUT2D eigenvalue weighted by Crippen LogP contribution is 2.49. The van der Waals surface area contributed by atoms with Crippen molar-refractivity contribution >= 4 is 11.6 Å². The summed E-state index contributed by atoms with van der Waals surface area (Å²) in [6.45, 7) is 3.79. The maximum absolute atomic E-state index is 10.9. The smallest absolute Gasteiger partial charge is 0.107 e. The normalized spacial score (nSPS) is 36.9. The molecule has 30 heavy (non-hydrogen) atoms. The van der Waals surface area contributed by atoms with E-state index >= 15 is 0 Å². The van der Waals surface area contributed by atoms with Crippen LogP contribution in [0.25, 0.3) is 0 Å². The van der Waals surface area contributed by atoms with Crippen molar-refractivity contribution < 1.29 is 25.2 Å². The van der Waals surface area contributed by atoms with Crippen LogP contribution in [-0.2, 0) is 17.6 Å². The molecule has 0 amide bonds. The van der Waals surface area contributed by atoms with Crippen molar-refractivity contribution in [1.29, 1.82) is 0 Å². The number of aliphatic hydroxyl groups excluding tert-OH is 4. The molecule has 1 aromatic carbocycles. The molecule has 7 atom stereocenters. The van der Waals surface area contributed by atoms with Gasteiger partial charge in [-0.05, 0) is 47.5 Å². The minimum atomic E-state index is -1.35. The highest BCUT2D eigenvalue weighted by molar-refractivity contribution is 6.31. The molecule has 0 radical (unpaired) electrons. The predicted molar refractivity (Wildman–Crippen MR) is 117 cm³/mol. The third-order valence-electron chi connectivity index (χ3n) is 6.92. The second-order valence-corrected chi connectivity index (χ2v) is 9.27. The lowest BCUT2D eigenvalue weighted by Gasteiger charge is -2.52. The Morgan fingerprint density at radius 1 is 1.07 bits per heavy atom. The van der Waals surface area contributed by atoms with E-state index in [2.05, 4.69) is 31.2 Å². The minimum absolute atomic E-state index is 0.340. The SMILES string of the molecule is CCc1ccc(CC2=C(Cl)C=CC(C)([C@H]3[C@H](O)[C@@H](O)[C@H](O)[C@@H](CO)[C@@H]3OC)C2)cc1. The van der Waals surface area contributed by atoms with Gasteiger partial charge in [-0.2, -0.15) is 0 Å². The van der Waals surface area contributed by atoms with Crippen LogP contribution in [0.1, 0.15) is 31.4 Å². The van der Waals surface area contributed by atoms with E-state index in [0.717, 1.165) is 17.6 Å². The molecule has 0 spiro atoms. The van der Waals surface area contributed by atoms with Crippen molar-refractivity contribution in [3.63, 3.8) is 0 Å². The first-order valence-corrected chi connectivity index (χ1v) is 11.0. The summed E-state index contributed by atoms with van der Waals surface area (Å²) in [5.74, 6) is -1.20. The zero-order chi connectivity index (χ0) is 22.1. The van der Waals surface area contributed by atoms with Crippen molar-refractivity contribution in [2.24, 2.45) is 17.3 Å². The number of hydrogen-bond acceptors (Lipinski definition) is 5. The van der Waals surface area contributed by atoms with Crippen molar-refractivity contribution in [3.05, 3.63) is 58.1 Å². The monoisotopic (exact) mass is 436 g/mol. The van der Waals surface area contributed by atoms with Gasteiger partial charge in [0.15, 0.2) is 0 Å². The molecule has 1 fully saturated rings. The Morgan fingerprint density at radius 2 is 1.70 bits per heavy atom. The summed E-state index contributed by atoms with van der Waals surface area (Å²) in [5.41, 5.74) is 2.93. The van der Waals surface area contributed by atoms with Crippen LogP contribution in [0.2, 0.25) is 0 Å². The number of methoxy groups -OCH3 is 1. The number of benzene rings is 1. The maximum Gasteiger partial charge on any atom is 0.107 e. The lowest BCUT2D eigenvalue weighted by molar-refractivity contribution is -0.213. The summed E-state index contributed by atoms with van der Waals surface area (Å²) in [6, 6.07) is 8.47. The van der Waals surface area contributed by atoms with Gasteiger partial charge in [-0.1, -0.05) is 55.8 Å². The largest absolute Gasteiger partial charge is 0.396 e. The molecule has 166 valence electrons. The fraction of sp³-hybridized carbons (Fsp3) is 0.583.